The van der Waals surface area contributed by atoms with E-state index in [1.165, 1.54) is 0 Å². The zero-order valence-corrected chi connectivity index (χ0v) is 13.5. The van der Waals surface area contributed by atoms with E-state index in [0.717, 1.165) is 5.56 Å². The van der Waals surface area contributed by atoms with Gasteiger partial charge in [0.25, 0.3) is 0 Å². The van der Waals surface area contributed by atoms with Crippen molar-refractivity contribution in [2.24, 2.45) is 0 Å². The summed E-state index contributed by atoms with van der Waals surface area (Å²) < 4.78 is 11.7. The van der Waals surface area contributed by atoms with Gasteiger partial charge in [0.2, 0.25) is 0 Å². The molecule has 2 N–H and O–H groups in total. The summed E-state index contributed by atoms with van der Waals surface area (Å²) in [6.45, 7) is 9.80. The van der Waals surface area contributed by atoms with E-state index < -0.39 is 5.60 Å². The van der Waals surface area contributed by atoms with Crippen LogP contribution < -0.4 is 5.73 Å². The highest BCUT2D eigenvalue weighted by Crippen LogP contribution is 2.39. The lowest BCUT2D eigenvalue weighted by Crippen LogP contribution is -2.37. The van der Waals surface area contributed by atoms with E-state index >= 15 is 0 Å². The van der Waals surface area contributed by atoms with Crippen LogP contribution in [-0.4, -0.2) is 23.3 Å². The minimum atomic E-state index is -0.464. The number of hydrogen-bond acceptors (Lipinski definition) is 4. The van der Waals surface area contributed by atoms with Crippen molar-refractivity contribution < 1.29 is 14.3 Å². The Morgan fingerprint density at radius 2 is 2.05 bits per heavy atom. The van der Waals surface area contributed by atoms with E-state index in [4.69, 9.17) is 15.2 Å². The monoisotopic (exact) mass is 291 g/mol. The molecule has 2 unspecified atom stereocenters. The molecule has 1 aliphatic rings. The standard InChI is InChI=1S/C17H25NO3/c1-11(12-7-6-8-13(18)9-12)15(19)20-14-10-16(2,3)21-17(14,4)5/h6-9,11,14H,10,18H2,1-5H3. The van der Waals surface area contributed by atoms with Crippen LogP contribution in [0.2, 0.25) is 0 Å². The Balaban J connectivity index is 2.08. The van der Waals surface area contributed by atoms with Gasteiger partial charge in [-0.05, 0) is 52.3 Å². The van der Waals surface area contributed by atoms with Gasteiger partial charge in [-0.25, -0.2) is 0 Å². The maximum Gasteiger partial charge on any atom is 0.313 e. The first kappa shape index (κ1) is 15.8. The minimum absolute atomic E-state index is 0.233. The molecule has 1 aliphatic heterocycles. The van der Waals surface area contributed by atoms with Crippen LogP contribution in [0.4, 0.5) is 5.69 Å². The number of carbonyl (C=O) groups is 1. The zero-order valence-electron chi connectivity index (χ0n) is 13.5. The summed E-state index contributed by atoms with van der Waals surface area (Å²) in [4.78, 5) is 12.4. The van der Waals surface area contributed by atoms with E-state index in [2.05, 4.69) is 0 Å². The highest BCUT2D eigenvalue weighted by Gasteiger charge is 2.48. The molecule has 0 bridgehead atoms. The second kappa shape index (κ2) is 5.34. The second-order valence-corrected chi connectivity index (χ2v) is 6.99. The SMILES string of the molecule is CC(C(=O)OC1CC(C)(C)OC1(C)C)c1cccc(N)c1. The normalized spacial score (nSPS) is 24.5. The molecule has 1 aromatic rings. The van der Waals surface area contributed by atoms with Crippen LogP contribution in [0.15, 0.2) is 24.3 Å². The van der Waals surface area contributed by atoms with Crippen molar-refractivity contribution in [3.8, 4) is 0 Å². The molecule has 1 saturated heterocycles. The van der Waals surface area contributed by atoms with Crippen molar-refractivity contribution in [3.05, 3.63) is 29.8 Å². The van der Waals surface area contributed by atoms with E-state index in [9.17, 15) is 4.79 Å². The van der Waals surface area contributed by atoms with Crippen LogP contribution in [0, 0.1) is 0 Å². The van der Waals surface area contributed by atoms with Crippen LogP contribution in [-0.2, 0) is 14.3 Å². The van der Waals surface area contributed by atoms with Crippen LogP contribution >= 0.6 is 0 Å². The second-order valence-electron chi connectivity index (χ2n) is 6.99. The van der Waals surface area contributed by atoms with Crippen molar-refractivity contribution in [2.45, 2.75) is 64.3 Å². The van der Waals surface area contributed by atoms with E-state index in [1.807, 2.05) is 52.8 Å². The van der Waals surface area contributed by atoms with Gasteiger partial charge in [-0.1, -0.05) is 12.1 Å². The molecule has 0 aliphatic carbocycles. The summed E-state index contributed by atoms with van der Waals surface area (Å²) in [6.07, 6.45) is 0.471. The Labute approximate surface area is 126 Å². The summed E-state index contributed by atoms with van der Waals surface area (Å²) in [5.74, 6) is -0.576. The lowest BCUT2D eigenvalue weighted by molar-refractivity contribution is -0.160. The predicted octanol–water partition coefficient (Wildman–Crippen LogP) is 3.26. The Morgan fingerprint density at radius 3 is 2.57 bits per heavy atom. The van der Waals surface area contributed by atoms with Crippen LogP contribution in [0.1, 0.15) is 52.5 Å². The molecular formula is C17H25NO3. The molecular weight excluding hydrogens is 266 g/mol. The van der Waals surface area contributed by atoms with Gasteiger partial charge in [0.05, 0.1) is 11.5 Å². The first-order valence-corrected chi connectivity index (χ1v) is 7.37. The average Bonchev–Trinajstić information content (AvgIpc) is 2.56. The highest BCUT2D eigenvalue weighted by atomic mass is 16.6. The first-order valence-electron chi connectivity index (χ1n) is 7.37. The van der Waals surface area contributed by atoms with E-state index in [1.54, 1.807) is 6.07 Å². The smallest absolute Gasteiger partial charge is 0.313 e. The molecule has 0 aromatic heterocycles. The van der Waals surface area contributed by atoms with Gasteiger partial charge in [-0.15, -0.1) is 0 Å². The van der Waals surface area contributed by atoms with Crippen molar-refractivity contribution in [2.75, 3.05) is 5.73 Å². The summed E-state index contributed by atoms with van der Waals surface area (Å²) >= 11 is 0. The highest BCUT2D eigenvalue weighted by molar-refractivity contribution is 5.78. The maximum atomic E-state index is 12.4. The van der Waals surface area contributed by atoms with Gasteiger partial charge in [0, 0.05) is 12.1 Å². The molecule has 2 rings (SSSR count). The fourth-order valence-corrected chi connectivity index (χ4v) is 2.90. The van der Waals surface area contributed by atoms with Crippen molar-refractivity contribution in [3.63, 3.8) is 0 Å². The number of ether oxygens (including phenoxy) is 2. The Kier molecular flexibility index (Phi) is 4.02. The average molecular weight is 291 g/mol. The third-order valence-corrected chi connectivity index (χ3v) is 4.01. The van der Waals surface area contributed by atoms with Crippen molar-refractivity contribution in [1.29, 1.82) is 0 Å². The maximum absolute atomic E-state index is 12.4. The number of rotatable bonds is 3. The van der Waals surface area contributed by atoms with E-state index in [0.29, 0.717) is 12.1 Å². The Hall–Kier alpha value is -1.55. The van der Waals surface area contributed by atoms with Gasteiger partial charge < -0.3 is 15.2 Å². The van der Waals surface area contributed by atoms with Gasteiger partial charge >= 0.3 is 5.97 Å². The number of anilines is 1. The molecule has 1 aromatic carbocycles. The summed E-state index contributed by atoms with van der Waals surface area (Å²) in [7, 11) is 0. The first-order chi connectivity index (χ1) is 9.61. The molecule has 4 nitrogen and oxygen atoms in total. The molecule has 21 heavy (non-hydrogen) atoms. The molecule has 0 amide bonds. The quantitative estimate of drug-likeness (QED) is 0.686. The molecule has 2 atom stereocenters. The van der Waals surface area contributed by atoms with Gasteiger partial charge in [-0.3, -0.25) is 4.79 Å². The lowest BCUT2D eigenvalue weighted by atomic mass is 9.96. The minimum Gasteiger partial charge on any atom is -0.459 e. The number of benzene rings is 1. The van der Waals surface area contributed by atoms with Gasteiger partial charge in [0.15, 0.2) is 0 Å². The number of nitrogens with two attached hydrogens (primary N) is 1. The third-order valence-electron chi connectivity index (χ3n) is 4.01. The molecule has 4 heteroatoms. The van der Waals surface area contributed by atoms with Crippen LogP contribution in [0.25, 0.3) is 0 Å². The zero-order chi connectivity index (χ0) is 15.8. The summed E-state index contributed by atoms with van der Waals surface area (Å²) in [5, 5.41) is 0. The van der Waals surface area contributed by atoms with E-state index in [-0.39, 0.29) is 23.6 Å². The molecule has 0 radical (unpaired) electrons. The van der Waals surface area contributed by atoms with Crippen LogP contribution in [0.3, 0.4) is 0 Å². The summed E-state index contributed by atoms with van der Waals surface area (Å²) in [5.41, 5.74) is 6.56. The fraction of sp³-hybridized carbons (Fsp3) is 0.588. The third kappa shape index (κ3) is 3.56. The predicted molar refractivity (Wildman–Crippen MR) is 83.0 cm³/mol. The van der Waals surface area contributed by atoms with Crippen molar-refractivity contribution >= 4 is 11.7 Å². The van der Waals surface area contributed by atoms with Gasteiger partial charge in [0.1, 0.15) is 11.7 Å². The fourth-order valence-electron chi connectivity index (χ4n) is 2.90. The Morgan fingerprint density at radius 1 is 1.38 bits per heavy atom. The topological polar surface area (TPSA) is 61.5 Å². The number of carbonyl (C=O) groups excluding carboxylic acids is 1. The molecule has 116 valence electrons. The molecule has 1 heterocycles. The lowest BCUT2D eigenvalue weighted by Gasteiger charge is -2.27. The number of esters is 1. The van der Waals surface area contributed by atoms with Crippen LogP contribution in [0.5, 0.6) is 0 Å². The van der Waals surface area contributed by atoms with Crippen molar-refractivity contribution in [1.82, 2.24) is 0 Å². The summed E-state index contributed by atoms with van der Waals surface area (Å²) in [6, 6.07) is 7.35. The molecule has 1 fully saturated rings. The molecule has 0 spiro atoms. The largest absolute Gasteiger partial charge is 0.459 e. The number of nitrogen functional groups attached to an aromatic ring is 1. The molecule has 0 saturated carbocycles. The van der Waals surface area contributed by atoms with Gasteiger partial charge in [-0.2, -0.15) is 0 Å². The Bertz CT molecular complexity index is 537. The number of hydrogen-bond donors (Lipinski definition) is 1.